The van der Waals surface area contributed by atoms with Gasteiger partial charge in [-0.25, -0.2) is 0 Å². The molecule has 1 aromatic heterocycles. The highest BCUT2D eigenvalue weighted by Crippen LogP contribution is 2.12. The molecule has 2 nitrogen and oxygen atoms in total. The van der Waals surface area contributed by atoms with Crippen LogP contribution in [0.3, 0.4) is 0 Å². The molecule has 1 rings (SSSR count). The smallest absolute Gasteiger partial charge is 0.0721 e. The minimum Gasteiger partial charge on any atom is -0.353 e. The van der Waals surface area contributed by atoms with E-state index in [0.717, 1.165) is 6.54 Å². The molecule has 0 radical (unpaired) electrons. The lowest BCUT2D eigenvalue weighted by Gasteiger charge is -1.93. The summed E-state index contributed by atoms with van der Waals surface area (Å²) in [5, 5.41) is 4.31. The first-order valence-electron chi connectivity index (χ1n) is 3.23. The zero-order chi connectivity index (χ0) is 7.40. The summed E-state index contributed by atoms with van der Waals surface area (Å²) in [4.78, 5) is 3.26. The van der Waals surface area contributed by atoms with Crippen molar-refractivity contribution in [1.29, 1.82) is 0 Å². The molecular formula is C7H12N2S. The van der Waals surface area contributed by atoms with E-state index in [0.29, 0.717) is 0 Å². The molecule has 0 aliphatic heterocycles. The Morgan fingerprint density at radius 2 is 2.40 bits per heavy atom. The molecule has 56 valence electrons. The summed E-state index contributed by atoms with van der Waals surface area (Å²) in [5.74, 6) is 0. The average Bonchev–Trinajstić information content (AvgIpc) is 2.37. The van der Waals surface area contributed by atoms with E-state index in [1.54, 1.807) is 11.8 Å². The second-order valence-corrected chi connectivity index (χ2v) is 2.93. The molecule has 0 atom stereocenters. The molecule has 0 saturated heterocycles. The van der Waals surface area contributed by atoms with Crippen molar-refractivity contribution >= 4 is 11.8 Å². The second kappa shape index (κ2) is 3.68. The lowest BCUT2D eigenvalue weighted by molar-refractivity contribution is 0.791. The fourth-order valence-electron chi connectivity index (χ4n) is 0.831. The third kappa shape index (κ3) is 1.78. The van der Waals surface area contributed by atoms with Gasteiger partial charge in [0, 0.05) is 12.2 Å². The van der Waals surface area contributed by atoms with E-state index in [4.69, 9.17) is 0 Å². The van der Waals surface area contributed by atoms with Gasteiger partial charge in [-0.2, -0.15) is 0 Å². The highest BCUT2D eigenvalue weighted by molar-refractivity contribution is 7.98. The van der Waals surface area contributed by atoms with Gasteiger partial charge >= 0.3 is 0 Å². The normalized spacial score (nSPS) is 10.2. The van der Waals surface area contributed by atoms with Crippen molar-refractivity contribution in [1.82, 2.24) is 10.3 Å². The molecule has 0 aliphatic rings. The molecule has 0 aromatic carbocycles. The standard InChI is InChI=1S/C7H12N2S/c1-8-5-6-3-4-7(9-6)10-2/h3-4,8-9H,5H2,1-2H3. The van der Waals surface area contributed by atoms with Gasteiger partial charge in [0.2, 0.25) is 0 Å². The van der Waals surface area contributed by atoms with Crippen molar-refractivity contribution in [3.63, 3.8) is 0 Å². The van der Waals surface area contributed by atoms with Crippen molar-refractivity contribution < 1.29 is 0 Å². The first-order valence-corrected chi connectivity index (χ1v) is 4.45. The number of H-pyrrole nitrogens is 1. The summed E-state index contributed by atoms with van der Waals surface area (Å²) < 4.78 is 0. The minimum absolute atomic E-state index is 0.917. The van der Waals surface area contributed by atoms with Crippen LogP contribution in [0.2, 0.25) is 0 Å². The molecule has 1 aromatic rings. The van der Waals surface area contributed by atoms with Gasteiger partial charge in [-0.1, -0.05) is 0 Å². The summed E-state index contributed by atoms with van der Waals surface area (Å²) in [6.07, 6.45) is 2.06. The van der Waals surface area contributed by atoms with Crippen LogP contribution >= 0.6 is 11.8 Å². The molecule has 2 N–H and O–H groups in total. The van der Waals surface area contributed by atoms with Crippen LogP contribution < -0.4 is 5.32 Å². The highest BCUT2D eigenvalue weighted by Gasteiger charge is 1.93. The van der Waals surface area contributed by atoms with Gasteiger partial charge in [-0.05, 0) is 25.4 Å². The zero-order valence-electron chi connectivity index (χ0n) is 6.27. The lowest BCUT2D eigenvalue weighted by Crippen LogP contribution is -2.04. The maximum Gasteiger partial charge on any atom is 0.0721 e. The Morgan fingerprint density at radius 3 is 2.90 bits per heavy atom. The Kier molecular flexibility index (Phi) is 2.83. The van der Waals surface area contributed by atoms with E-state index < -0.39 is 0 Å². The third-order valence-electron chi connectivity index (χ3n) is 1.31. The van der Waals surface area contributed by atoms with Crippen molar-refractivity contribution in [2.24, 2.45) is 0 Å². The summed E-state index contributed by atoms with van der Waals surface area (Å²) in [6.45, 7) is 0.917. The van der Waals surface area contributed by atoms with Gasteiger partial charge in [0.15, 0.2) is 0 Å². The van der Waals surface area contributed by atoms with Crippen molar-refractivity contribution in [3.8, 4) is 0 Å². The molecular weight excluding hydrogens is 144 g/mol. The van der Waals surface area contributed by atoms with Crippen LogP contribution in [-0.4, -0.2) is 18.3 Å². The van der Waals surface area contributed by atoms with Crippen LogP contribution in [-0.2, 0) is 6.54 Å². The van der Waals surface area contributed by atoms with Crippen molar-refractivity contribution in [2.45, 2.75) is 11.6 Å². The van der Waals surface area contributed by atoms with Gasteiger partial charge < -0.3 is 10.3 Å². The first kappa shape index (κ1) is 7.69. The Morgan fingerprint density at radius 1 is 1.60 bits per heavy atom. The molecule has 0 aliphatic carbocycles. The van der Waals surface area contributed by atoms with Crippen LogP contribution in [0.1, 0.15) is 5.69 Å². The van der Waals surface area contributed by atoms with E-state index in [1.165, 1.54) is 10.7 Å². The van der Waals surface area contributed by atoms with Crippen LogP contribution in [0.5, 0.6) is 0 Å². The topological polar surface area (TPSA) is 27.8 Å². The van der Waals surface area contributed by atoms with Crippen LogP contribution in [0, 0.1) is 0 Å². The number of rotatable bonds is 3. The van der Waals surface area contributed by atoms with Crippen molar-refractivity contribution in [3.05, 3.63) is 17.8 Å². The van der Waals surface area contributed by atoms with Crippen molar-refractivity contribution in [2.75, 3.05) is 13.3 Å². The van der Waals surface area contributed by atoms with Crippen LogP contribution in [0.25, 0.3) is 0 Å². The zero-order valence-corrected chi connectivity index (χ0v) is 7.09. The van der Waals surface area contributed by atoms with E-state index in [-0.39, 0.29) is 0 Å². The Hall–Kier alpha value is -0.410. The maximum atomic E-state index is 3.26. The van der Waals surface area contributed by atoms with Gasteiger partial charge in [-0.15, -0.1) is 11.8 Å². The fourth-order valence-corrected chi connectivity index (χ4v) is 1.27. The first-order chi connectivity index (χ1) is 4.86. The summed E-state index contributed by atoms with van der Waals surface area (Å²) in [7, 11) is 1.94. The van der Waals surface area contributed by atoms with Gasteiger partial charge in [-0.3, -0.25) is 0 Å². The van der Waals surface area contributed by atoms with E-state index in [1.807, 2.05) is 7.05 Å². The minimum atomic E-state index is 0.917. The molecule has 0 fully saturated rings. The maximum absolute atomic E-state index is 3.26. The quantitative estimate of drug-likeness (QED) is 0.648. The number of hydrogen-bond acceptors (Lipinski definition) is 2. The number of nitrogens with one attached hydrogen (secondary N) is 2. The Bertz CT molecular complexity index is 195. The largest absolute Gasteiger partial charge is 0.353 e. The fraction of sp³-hybridized carbons (Fsp3) is 0.429. The molecule has 3 heteroatoms. The van der Waals surface area contributed by atoms with Crippen LogP contribution in [0.15, 0.2) is 17.2 Å². The number of aromatic nitrogens is 1. The number of hydrogen-bond donors (Lipinski definition) is 2. The molecule has 0 bridgehead atoms. The summed E-state index contributed by atoms with van der Waals surface area (Å²) in [5.41, 5.74) is 1.24. The summed E-state index contributed by atoms with van der Waals surface area (Å²) >= 11 is 1.73. The molecule has 0 unspecified atom stereocenters. The lowest BCUT2D eigenvalue weighted by atomic mass is 10.4. The third-order valence-corrected chi connectivity index (χ3v) is 1.98. The summed E-state index contributed by atoms with van der Waals surface area (Å²) in [6, 6.07) is 4.19. The molecule has 0 amide bonds. The van der Waals surface area contributed by atoms with Gasteiger partial charge in [0.05, 0.1) is 5.03 Å². The molecule has 0 spiro atoms. The van der Waals surface area contributed by atoms with Crippen LogP contribution in [0.4, 0.5) is 0 Å². The SMILES string of the molecule is CNCc1ccc(SC)[nH]1. The predicted molar refractivity (Wildman–Crippen MR) is 45.3 cm³/mol. The highest BCUT2D eigenvalue weighted by atomic mass is 32.2. The Balaban J connectivity index is 2.59. The second-order valence-electron chi connectivity index (χ2n) is 2.08. The molecule has 0 saturated carbocycles. The van der Waals surface area contributed by atoms with E-state index >= 15 is 0 Å². The number of aromatic amines is 1. The van der Waals surface area contributed by atoms with Gasteiger partial charge in [0.1, 0.15) is 0 Å². The molecule has 10 heavy (non-hydrogen) atoms. The monoisotopic (exact) mass is 156 g/mol. The Labute approximate surface area is 65.4 Å². The number of thioether (sulfide) groups is 1. The van der Waals surface area contributed by atoms with E-state index in [2.05, 4.69) is 28.7 Å². The molecule has 1 heterocycles. The van der Waals surface area contributed by atoms with E-state index in [9.17, 15) is 0 Å². The predicted octanol–water partition coefficient (Wildman–Crippen LogP) is 1.46. The van der Waals surface area contributed by atoms with Gasteiger partial charge in [0.25, 0.3) is 0 Å². The average molecular weight is 156 g/mol.